The Morgan fingerprint density at radius 3 is 2.47 bits per heavy atom. The van der Waals surface area contributed by atoms with Crippen molar-refractivity contribution in [1.82, 2.24) is 4.90 Å². The third-order valence-electron chi connectivity index (χ3n) is 3.65. The molecule has 2 rings (SSSR count). The molecule has 1 fully saturated rings. The molecule has 0 aromatic heterocycles. The SMILES string of the molecule is CC(C)CN1CCC(c2ccccc2N)CC1. The molecule has 0 spiro atoms. The fourth-order valence-corrected chi connectivity index (χ4v) is 2.83. The van der Waals surface area contributed by atoms with Gasteiger partial charge < -0.3 is 10.6 Å². The zero-order chi connectivity index (χ0) is 12.3. The normalized spacial score (nSPS) is 18.8. The van der Waals surface area contributed by atoms with Crippen molar-refractivity contribution in [2.75, 3.05) is 25.4 Å². The van der Waals surface area contributed by atoms with E-state index in [0.29, 0.717) is 5.92 Å². The minimum absolute atomic E-state index is 0.666. The van der Waals surface area contributed by atoms with Crippen molar-refractivity contribution in [1.29, 1.82) is 0 Å². The van der Waals surface area contributed by atoms with Crippen molar-refractivity contribution < 1.29 is 0 Å². The van der Waals surface area contributed by atoms with Crippen LogP contribution in [-0.4, -0.2) is 24.5 Å². The first-order valence-electron chi connectivity index (χ1n) is 6.73. The van der Waals surface area contributed by atoms with Gasteiger partial charge in [-0.1, -0.05) is 32.0 Å². The summed E-state index contributed by atoms with van der Waals surface area (Å²) in [6.07, 6.45) is 2.50. The van der Waals surface area contributed by atoms with E-state index < -0.39 is 0 Å². The number of hydrogen-bond donors (Lipinski definition) is 1. The van der Waals surface area contributed by atoms with E-state index in [4.69, 9.17) is 5.73 Å². The molecule has 2 heteroatoms. The first-order chi connectivity index (χ1) is 8.16. The number of likely N-dealkylation sites (tertiary alicyclic amines) is 1. The lowest BCUT2D eigenvalue weighted by Crippen LogP contribution is -2.35. The van der Waals surface area contributed by atoms with Crippen LogP contribution in [0.25, 0.3) is 0 Å². The molecule has 1 aromatic carbocycles. The lowest BCUT2D eigenvalue weighted by Gasteiger charge is -2.33. The van der Waals surface area contributed by atoms with Crippen LogP contribution in [0, 0.1) is 5.92 Å². The summed E-state index contributed by atoms with van der Waals surface area (Å²) in [5.41, 5.74) is 8.38. The maximum absolute atomic E-state index is 6.05. The van der Waals surface area contributed by atoms with Gasteiger partial charge in [0, 0.05) is 12.2 Å². The van der Waals surface area contributed by atoms with Gasteiger partial charge in [-0.15, -0.1) is 0 Å². The molecule has 1 heterocycles. The Labute approximate surface area is 105 Å². The van der Waals surface area contributed by atoms with Gasteiger partial charge in [-0.3, -0.25) is 0 Å². The molecular formula is C15H24N2. The van der Waals surface area contributed by atoms with E-state index in [1.807, 2.05) is 12.1 Å². The van der Waals surface area contributed by atoms with Crippen molar-refractivity contribution in [3.05, 3.63) is 29.8 Å². The van der Waals surface area contributed by atoms with E-state index in [-0.39, 0.29) is 0 Å². The van der Waals surface area contributed by atoms with E-state index in [9.17, 15) is 0 Å². The molecule has 0 atom stereocenters. The molecule has 2 N–H and O–H groups in total. The maximum atomic E-state index is 6.05. The van der Waals surface area contributed by atoms with Crippen molar-refractivity contribution in [3.63, 3.8) is 0 Å². The third-order valence-corrected chi connectivity index (χ3v) is 3.65. The number of nitrogens with zero attached hydrogens (tertiary/aromatic N) is 1. The lowest BCUT2D eigenvalue weighted by molar-refractivity contribution is 0.192. The molecule has 0 aliphatic carbocycles. The summed E-state index contributed by atoms with van der Waals surface area (Å²) in [4.78, 5) is 2.58. The van der Waals surface area contributed by atoms with Gasteiger partial charge in [0.25, 0.3) is 0 Å². The molecule has 1 aliphatic heterocycles. The smallest absolute Gasteiger partial charge is 0.0349 e. The van der Waals surface area contributed by atoms with Crippen LogP contribution in [0.1, 0.15) is 38.2 Å². The Hall–Kier alpha value is -1.02. The van der Waals surface area contributed by atoms with Gasteiger partial charge in [-0.05, 0) is 49.4 Å². The summed E-state index contributed by atoms with van der Waals surface area (Å²) in [6, 6.07) is 8.34. The standard InChI is InChI=1S/C15H24N2/c1-12(2)11-17-9-7-13(8-10-17)14-5-3-4-6-15(14)16/h3-6,12-13H,7-11,16H2,1-2H3. The number of rotatable bonds is 3. The van der Waals surface area contributed by atoms with E-state index >= 15 is 0 Å². The molecule has 1 aliphatic rings. The van der Waals surface area contributed by atoms with E-state index in [2.05, 4.69) is 30.9 Å². The van der Waals surface area contributed by atoms with Crippen molar-refractivity contribution in [2.45, 2.75) is 32.6 Å². The van der Waals surface area contributed by atoms with Gasteiger partial charge >= 0.3 is 0 Å². The Morgan fingerprint density at radius 1 is 1.24 bits per heavy atom. The van der Waals surface area contributed by atoms with Gasteiger partial charge in [0.05, 0.1) is 0 Å². The fraction of sp³-hybridized carbons (Fsp3) is 0.600. The van der Waals surface area contributed by atoms with Crippen LogP contribution in [0.15, 0.2) is 24.3 Å². The van der Waals surface area contributed by atoms with E-state index in [0.717, 1.165) is 11.6 Å². The van der Waals surface area contributed by atoms with Crippen LogP contribution in [0.3, 0.4) is 0 Å². The highest BCUT2D eigenvalue weighted by molar-refractivity contribution is 5.48. The Morgan fingerprint density at radius 2 is 1.88 bits per heavy atom. The zero-order valence-corrected chi connectivity index (χ0v) is 11.0. The first kappa shape index (κ1) is 12.4. The Balaban J connectivity index is 1.93. The van der Waals surface area contributed by atoms with Gasteiger partial charge in [-0.25, -0.2) is 0 Å². The lowest BCUT2D eigenvalue weighted by atomic mass is 9.88. The maximum Gasteiger partial charge on any atom is 0.0349 e. The summed E-state index contributed by atoms with van der Waals surface area (Å²) in [5.74, 6) is 1.44. The Kier molecular flexibility index (Phi) is 4.06. The minimum atomic E-state index is 0.666. The predicted octanol–water partition coefficient (Wildman–Crippen LogP) is 3.10. The predicted molar refractivity (Wildman–Crippen MR) is 74.1 cm³/mol. The van der Waals surface area contributed by atoms with Crippen molar-refractivity contribution in [2.24, 2.45) is 5.92 Å². The molecule has 94 valence electrons. The van der Waals surface area contributed by atoms with Gasteiger partial charge in [0.15, 0.2) is 0 Å². The summed E-state index contributed by atoms with van der Waals surface area (Å²) in [7, 11) is 0. The second kappa shape index (κ2) is 5.54. The van der Waals surface area contributed by atoms with Gasteiger partial charge in [-0.2, -0.15) is 0 Å². The highest BCUT2D eigenvalue weighted by Crippen LogP contribution is 2.31. The van der Waals surface area contributed by atoms with E-state index in [1.54, 1.807) is 0 Å². The van der Waals surface area contributed by atoms with Crippen LogP contribution in [0.2, 0.25) is 0 Å². The molecule has 17 heavy (non-hydrogen) atoms. The third kappa shape index (κ3) is 3.22. The van der Waals surface area contributed by atoms with Crippen molar-refractivity contribution >= 4 is 5.69 Å². The molecule has 0 saturated carbocycles. The summed E-state index contributed by atoms with van der Waals surface area (Å²) >= 11 is 0. The molecule has 0 amide bonds. The fourth-order valence-electron chi connectivity index (χ4n) is 2.83. The number of para-hydroxylation sites is 1. The summed E-state index contributed by atoms with van der Waals surface area (Å²) in [5, 5.41) is 0. The van der Waals surface area contributed by atoms with Crippen LogP contribution in [0.4, 0.5) is 5.69 Å². The number of piperidine rings is 1. The summed E-state index contributed by atoms with van der Waals surface area (Å²) in [6.45, 7) is 8.26. The van der Waals surface area contributed by atoms with Crippen LogP contribution in [-0.2, 0) is 0 Å². The number of nitrogens with two attached hydrogens (primary N) is 1. The number of nitrogen functional groups attached to an aromatic ring is 1. The minimum Gasteiger partial charge on any atom is -0.398 e. The number of hydrogen-bond acceptors (Lipinski definition) is 2. The average Bonchev–Trinajstić information content (AvgIpc) is 2.30. The monoisotopic (exact) mass is 232 g/mol. The Bertz CT molecular complexity index is 352. The number of benzene rings is 1. The largest absolute Gasteiger partial charge is 0.398 e. The highest BCUT2D eigenvalue weighted by Gasteiger charge is 2.21. The molecule has 0 unspecified atom stereocenters. The molecular weight excluding hydrogens is 208 g/mol. The van der Waals surface area contributed by atoms with Crippen molar-refractivity contribution in [3.8, 4) is 0 Å². The first-order valence-corrected chi connectivity index (χ1v) is 6.73. The molecule has 1 aromatic rings. The average molecular weight is 232 g/mol. The van der Waals surface area contributed by atoms with Crippen LogP contribution >= 0.6 is 0 Å². The topological polar surface area (TPSA) is 29.3 Å². The molecule has 2 nitrogen and oxygen atoms in total. The molecule has 0 bridgehead atoms. The highest BCUT2D eigenvalue weighted by atomic mass is 15.1. The number of anilines is 1. The molecule has 1 saturated heterocycles. The van der Waals surface area contributed by atoms with Gasteiger partial charge in [0.1, 0.15) is 0 Å². The zero-order valence-electron chi connectivity index (χ0n) is 11.0. The van der Waals surface area contributed by atoms with Crippen LogP contribution in [0.5, 0.6) is 0 Å². The van der Waals surface area contributed by atoms with E-state index in [1.165, 1.54) is 38.0 Å². The quantitative estimate of drug-likeness (QED) is 0.811. The van der Waals surface area contributed by atoms with Gasteiger partial charge in [0.2, 0.25) is 0 Å². The van der Waals surface area contributed by atoms with Crippen LogP contribution < -0.4 is 5.73 Å². The second-order valence-electron chi connectivity index (χ2n) is 5.60. The molecule has 0 radical (unpaired) electrons. The summed E-state index contributed by atoms with van der Waals surface area (Å²) < 4.78 is 0. The second-order valence-corrected chi connectivity index (χ2v) is 5.60.